The van der Waals surface area contributed by atoms with Crippen LogP contribution in [0.1, 0.15) is 33.1 Å². The molecule has 1 rings (SSSR count). The van der Waals surface area contributed by atoms with Crippen LogP contribution in [0.15, 0.2) is 0 Å². The first-order valence-electron chi connectivity index (χ1n) is 5.59. The van der Waals surface area contributed by atoms with Gasteiger partial charge in [0, 0.05) is 25.6 Å². The summed E-state index contributed by atoms with van der Waals surface area (Å²) in [4.78, 5) is 13.9. The topological polar surface area (TPSA) is 32.3 Å². The second-order valence-electron chi connectivity index (χ2n) is 4.52. The first kappa shape index (κ1) is 11.5. The normalized spacial score (nSPS) is 16.0. The molecule has 0 atom stereocenters. The minimum Gasteiger partial charge on any atom is -0.339 e. The molecule has 0 aromatic carbocycles. The fraction of sp³-hybridized carbons (Fsp3) is 0.909. The maximum absolute atomic E-state index is 11.8. The SMILES string of the molecule is CNCCC(=O)N(CC(C)C)C1CC1. The summed E-state index contributed by atoms with van der Waals surface area (Å²) < 4.78 is 0. The highest BCUT2D eigenvalue weighted by Crippen LogP contribution is 2.27. The smallest absolute Gasteiger partial charge is 0.224 e. The maximum atomic E-state index is 11.8. The van der Waals surface area contributed by atoms with Gasteiger partial charge in [-0.3, -0.25) is 4.79 Å². The highest BCUT2D eigenvalue weighted by molar-refractivity contribution is 5.77. The monoisotopic (exact) mass is 198 g/mol. The third-order valence-corrected chi connectivity index (χ3v) is 2.46. The average Bonchev–Trinajstić information content (AvgIpc) is 2.93. The van der Waals surface area contributed by atoms with Gasteiger partial charge < -0.3 is 10.2 Å². The number of hydrogen-bond acceptors (Lipinski definition) is 2. The Morgan fingerprint density at radius 1 is 1.50 bits per heavy atom. The van der Waals surface area contributed by atoms with Crippen molar-refractivity contribution in [1.82, 2.24) is 10.2 Å². The Hall–Kier alpha value is -0.570. The summed E-state index contributed by atoms with van der Waals surface area (Å²) >= 11 is 0. The summed E-state index contributed by atoms with van der Waals surface area (Å²) in [6.45, 7) is 6.05. The highest BCUT2D eigenvalue weighted by atomic mass is 16.2. The molecular formula is C11H22N2O. The lowest BCUT2D eigenvalue weighted by Gasteiger charge is -2.24. The fourth-order valence-corrected chi connectivity index (χ4v) is 1.61. The van der Waals surface area contributed by atoms with Crippen molar-refractivity contribution in [3.05, 3.63) is 0 Å². The van der Waals surface area contributed by atoms with E-state index < -0.39 is 0 Å². The Balaban J connectivity index is 2.36. The average molecular weight is 198 g/mol. The molecule has 3 nitrogen and oxygen atoms in total. The summed E-state index contributed by atoms with van der Waals surface area (Å²) in [5.41, 5.74) is 0. The summed E-state index contributed by atoms with van der Waals surface area (Å²) in [6, 6.07) is 0.557. The Morgan fingerprint density at radius 2 is 2.14 bits per heavy atom. The van der Waals surface area contributed by atoms with Gasteiger partial charge in [0.1, 0.15) is 0 Å². The number of hydrogen-bond donors (Lipinski definition) is 1. The molecule has 82 valence electrons. The zero-order valence-corrected chi connectivity index (χ0v) is 9.55. The Labute approximate surface area is 86.9 Å². The minimum absolute atomic E-state index is 0.315. The predicted molar refractivity (Wildman–Crippen MR) is 58.1 cm³/mol. The third kappa shape index (κ3) is 3.66. The molecular weight excluding hydrogens is 176 g/mol. The van der Waals surface area contributed by atoms with Gasteiger partial charge in [0.2, 0.25) is 5.91 Å². The van der Waals surface area contributed by atoms with Crippen LogP contribution in [0.5, 0.6) is 0 Å². The van der Waals surface area contributed by atoms with E-state index >= 15 is 0 Å². The number of carbonyl (C=O) groups is 1. The van der Waals surface area contributed by atoms with Gasteiger partial charge >= 0.3 is 0 Å². The molecule has 1 aliphatic rings. The van der Waals surface area contributed by atoms with Gasteiger partial charge in [-0.1, -0.05) is 13.8 Å². The van der Waals surface area contributed by atoms with E-state index in [0.29, 0.717) is 24.3 Å². The summed E-state index contributed by atoms with van der Waals surface area (Å²) in [7, 11) is 1.89. The van der Waals surface area contributed by atoms with Gasteiger partial charge in [0.15, 0.2) is 0 Å². The molecule has 1 aliphatic carbocycles. The lowest BCUT2D eigenvalue weighted by atomic mass is 10.2. The number of nitrogens with zero attached hydrogens (tertiary/aromatic N) is 1. The van der Waals surface area contributed by atoms with Gasteiger partial charge in [-0.05, 0) is 25.8 Å². The van der Waals surface area contributed by atoms with Crippen LogP contribution in [0.4, 0.5) is 0 Å². The zero-order chi connectivity index (χ0) is 10.6. The van der Waals surface area contributed by atoms with Crippen LogP contribution in [-0.2, 0) is 4.79 Å². The first-order valence-corrected chi connectivity index (χ1v) is 5.59. The van der Waals surface area contributed by atoms with E-state index in [4.69, 9.17) is 0 Å². The molecule has 0 aromatic heterocycles. The van der Waals surface area contributed by atoms with Crippen molar-refractivity contribution in [2.75, 3.05) is 20.1 Å². The molecule has 1 saturated carbocycles. The van der Waals surface area contributed by atoms with Crippen LogP contribution in [-0.4, -0.2) is 37.0 Å². The van der Waals surface area contributed by atoms with Gasteiger partial charge in [0.25, 0.3) is 0 Å². The van der Waals surface area contributed by atoms with Crippen LogP contribution >= 0.6 is 0 Å². The quantitative estimate of drug-likeness (QED) is 0.696. The van der Waals surface area contributed by atoms with E-state index in [1.165, 1.54) is 12.8 Å². The molecule has 0 heterocycles. The standard InChI is InChI=1S/C11H22N2O/c1-9(2)8-13(10-4-5-10)11(14)6-7-12-3/h9-10,12H,4-8H2,1-3H3. The number of nitrogens with one attached hydrogen (secondary N) is 1. The molecule has 0 spiro atoms. The zero-order valence-electron chi connectivity index (χ0n) is 9.55. The van der Waals surface area contributed by atoms with Crippen molar-refractivity contribution in [3.63, 3.8) is 0 Å². The lowest BCUT2D eigenvalue weighted by Crippen LogP contribution is -2.37. The molecule has 14 heavy (non-hydrogen) atoms. The fourth-order valence-electron chi connectivity index (χ4n) is 1.61. The van der Waals surface area contributed by atoms with Crippen molar-refractivity contribution in [2.24, 2.45) is 5.92 Å². The van der Waals surface area contributed by atoms with Crippen molar-refractivity contribution >= 4 is 5.91 Å². The van der Waals surface area contributed by atoms with E-state index in [-0.39, 0.29) is 0 Å². The van der Waals surface area contributed by atoms with Crippen LogP contribution in [0.3, 0.4) is 0 Å². The van der Waals surface area contributed by atoms with Crippen molar-refractivity contribution < 1.29 is 4.79 Å². The molecule has 0 radical (unpaired) electrons. The van der Waals surface area contributed by atoms with E-state index in [9.17, 15) is 4.79 Å². The van der Waals surface area contributed by atoms with Gasteiger partial charge in [0.05, 0.1) is 0 Å². The van der Waals surface area contributed by atoms with Crippen LogP contribution in [0.2, 0.25) is 0 Å². The Bertz CT molecular complexity index is 188. The van der Waals surface area contributed by atoms with Gasteiger partial charge in [-0.25, -0.2) is 0 Å². The molecule has 0 aliphatic heterocycles. The van der Waals surface area contributed by atoms with Crippen LogP contribution in [0.25, 0.3) is 0 Å². The number of rotatable bonds is 6. The third-order valence-electron chi connectivity index (χ3n) is 2.46. The molecule has 3 heteroatoms. The molecule has 0 bridgehead atoms. The van der Waals surface area contributed by atoms with E-state index in [1.807, 2.05) is 7.05 Å². The second kappa shape index (κ2) is 5.35. The summed E-state index contributed by atoms with van der Waals surface area (Å²) in [5, 5.41) is 3.02. The van der Waals surface area contributed by atoms with Crippen molar-refractivity contribution in [2.45, 2.75) is 39.2 Å². The molecule has 0 saturated heterocycles. The van der Waals surface area contributed by atoms with E-state index in [0.717, 1.165) is 13.1 Å². The summed E-state index contributed by atoms with van der Waals surface area (Å²) in [6.07, 6.45) is 3.05. The largest absolute Gasteiger partial charge is 0.339 e. The lowest BCUT2D eigenvalue weighted by molar-refractivity contribution is -0.132. The molecule has 1 amide bonds. The Morgan fingerprint density at radius 3 is 2.57 bits per heavy atom. The molecule has 0 unspecified atom stereocenters. The molecule has 1 fully saturated rings. The maximum Gasteiger partial charge on any atom is 0.224 e. The highest BCUT2D eigenvalue weighted by Gasteiger charge is 2.32. The van der Waals surface area contributed by atoms with Crippen LogP contribution < -0.4 is 5.32 Å². The number of carbonyl (C=O) groups excluding carboxylic acids is 1. The molecule has 1 N–H and O–H groups in total. The molecule has 0 aromatic rings. The van der Waals surface area contributed by atoms with E-state index in [2.05, 4.69) is 24.1 Å². The first-order chi connectivity index (χ1) is 6.65. The Kier molecular flexibility index (Phi) is 4.39. The number of amides is 1. The predicted octanol–water partition coefficient (Wildman–Crippen LogP) is 1.24. The second-order valence-corrected chi connectivity index (χ2v) is 4.52. The van der Waals surface area contributed by atoms with E-state index in [1.54, 1.807) is 0 Å². The minimum atomic E-state index is 0.315. The van der Waals surface area contributed by atoms with Crippen molar-refractivity contribution in [3.8, 4) is 0 Å². The van der Waals surface area contributed by atoms with Crippen LogP contribution in [0, 0.1) is 5.92 Å². The van der Waals surface area contributed by atoms with Crippen molar-refractivity contribution in [1.29, 1.82) is 0 Å². The summed E-state index contributed by atoms with van der Waals surface area (Å²) in [5.74, 6) is 0.893. The van der Waals surface area contributed by atoms with Gasteiger partial charge in [-0.15, -0.1) is 0 Å². The van der Waals surface area contributed by atoms with Gasteiger partial charge in [-0.2, -0.15) is 0 Å².